The van der Waals surface area contributed by atoms with E-state index in [1.807, 2.05) is 24.3 Å². The molecule has 0 aromatic heterocycles. The van der Waals surface area contributed by atoms with E-state index < -0.39 is 16.4 Å². The van der Waals surface area contributed by atoms with Gasteiger partial charge in [0, 0.05) is 31.1 Å². The van der Waals surface area contributed by atoms with Crippen LogP contribution in [0.2, 0.25) is 5.02 Å². The Kier molecular flexibility index (Phi) is 5.16. The van der Waals surface area contributed by atoms with Crippen molar-refractivity contribution >= 4 is 34.9 Å². The van der Waals surface area contributed by atoms with Crippen LogP contribution in [-0.4, -0.2) is 42.5 Å². The lowest BCUT2D eigenvalue weighted by molar-refractivity contribution is -0.385. The summed E-state index contributed by atoms with van der Waals surface area (Å²) in [6, 6.07) is 10.1. The second-order valence-electron chi connectivity index (χ2n) is 5.46. The number of phenols is 1. The molecule has 3 rings (SSSR count). The van der Waals surface area contributed by atoms with Gasteiger partial charge in [0.05, 0.1) is 34.4 Å². The van der Waals surface area contributed by atoms with Gasteiger partial charge in [-0.3, -0.25) is 15.1 Å². The third-order valence-electron chi connectivity index (χ3n) is 3.91. The van der Waals surface area contributed by atoms with Gasteiger partial charge in [0.1, 0.15) is 0 Å². The zero-order chi connectivity index (χ0) is 17.8. The van der Waals surface area contributed by atoms with Crippen LogP contribution in [0.5, 0.6) is 5.75 Å². The van der Waals surface area contributed by atoms with E-state index in [1.165, 1.54) is 12.3 Å². The molecule has 0 spiro atoms. The fourth-order valence-electron chi connectivity index (χ4n) is 2.55. The van der Waals surface area contributed by atoms with Crippen molar-refractivity contribution in [1.29, 1.82) is 0 Å². The highest BCUT2D eigenvalue weighted by atomic mass is 35.5. The van der Waals surface area contributed by atoms with Crippen molar-refractivity contribution in [3.8, 4) is 5.75 Å². The van der Waals surface area contributed by atoms with Crippen molar-refractivity contribution in [3.63, 3.8) is 0 Å². The average Bonchev–Trinajstić information content (AvgIpc) is 2.62. The molecular weight excluding hydrogens is 346 g/mol. The molecule has 7 nitrogen and oxygen atoms in total. The number of nitro benzene ring substituents is 1. The first-order chi connectivity index (χ1) is 12.1. The van der Waals surface area contributed by atoms with E-state index in [2.05, 4.69) is 9.89 Å². The number of nitro groups is 1. The van der Waals surface area contributed by atoms with E-state index in [0.717, 1.165) is 24.8 Å². The molecule has 0 bridgehead atoms. The first kappa shape index (κ1) is 17.2. The lowest BCUT2D eigenvalue weighted by Gasteiger charge is -2.28. The lowest BCUT2D eigenvalue weighted by Crippen LogP contribution is -2.36. The first-order valence-corrected chi connectivity index (χ1v) is 8.07. The molecule has 1 aliphatic heterocycles. The summed E-state index contributed by atoms with van der Waals surface area (Å²) in [7, 11) is 0. The maximum absolute atomic E-state index is 10.9. The van der Waals surface area contributed by atoms with Gasteiger partial charge in [-0.05, 0) is 30.3 Å². The molecule has 1 N–H and O–H groups in total. The summed E-state index contributed by atoms with van der Waals surface area (Å²) < 4.78 is 5.33. The molecule has 2 aromatic rings. The predicted molar refractivity (Wildman–Crippen MR) is 96.5 cm³/mol. The molecule has 0 radical (unpaired) electrons. The van der Waals surface area contributed by atoms with Crippen LogP contribution in [0.25, 0.3) is 0 Å². The average molecular weight is 362 g/mol. The second kappa shape index (κ2) is 7.50. The van der Waals surface area contributed by atoms with Crippen molar-refractivity contribution in [2.45, 2.75) is 0 Å². The number of aromatic hydroxyl groups is 1. The Bertz CT molecular complexity index is 802. The summed E-state index contributed by atoms with van der Waals surface area (Å²) in [5.74, 6) is -0.494. The van der Waals surface area contributed by atoms with Gasteiger partial charge in [0.2, 0.25) is 5.75 Å². The zero-order valence-corrected chi connectivity index (χ0v) is 14.0. The molecule has 0 saturated carbocycles. The maximum Gasteiger partial charge on any atom is 0.311 e. The SMILES string of the molecule is O=[N+]([O-])c1ccc(Cl)c(C=Nc2ccc(N3CCOCC3)cc2)c1O. The van der Waals surface area contributed by atoms with Gasteiger partial charge in [-0.15, -0.1) is 0 Å². The molecule has 8 heteroatoms. The van der Waals surface area contributed by atoms with Gasteiger partial charge in [-0.1, -0.05) is 11.6 Å². The summed E-state index contributed by atoms with van der Waals surface area (Å²) in [4.78, 5) is 16.7. The highest BCUT2D eigenvalue weighted by Gasteiger charge is 2.18. The van der Waals surface area contributed by atoms with E-state index in [-0.39, 0.29) is 10.6 Å². The summed E-state index contributed by atoms with van der Waals surface area (Å²) in [5, 5.41) is 21.1. The monoisotopic (exact) mass is 361 g/mol. The molecule has 1 heterocycles. The molecule has 130 valence electrons. The van der Waals surface area contributed by atoms with Gasteiger partial charge >= 0.3 is 5.69 Å². The van der Waals surface area contributed by atoms with Crippen molar-refractivity contribution < 1.29 is 14.8 Å². The quantitative estimate of drug-likeness (QED) is 0.511. The standard InChI is InChI=1S/C17H16ClN3O4/c18-15-5-6-16(21(23)24)17(22)14(15)11-19-12-1-3-13(4-2-12)20-7-9-25-10-8-20/h1-6,11,22H,7-10H2. The number of aliphatic imine (C=N–C) groups is 1. The summed E-state index contributed by atoms with van der Waals surface area (Å²) in [5.41, 5.74) is 1.44. The predicted octanol–water partition coefficient (Wildman–Crippen LogP) is 3.54. The Hall–Kier alpha value is -2.64. The second-order valence-corrected chi connectivity index (χ2v) is 5.87. The Balaban J connectivity index is 1.80. The number of hydrogen-bond donors (Lipinski definition) is 1. The number of halogens is 1. The van der Waals surface area contributed by atoms with E-state index in [0.29, 0.717) is 18.9 Å². The molecule has 0 unspecified atom stereocenters. The van der Waals surface area contributed by atoms with Crippen molar-refractivity contribution in [2.75, 3.05) is 31.2 Å². The van der Waals surface area contributed by atoms with Crippen molar-refractivity contribution in [2.24, 2.45) is 4.99 Å². The molecule has 1 saturated heterocycles. The van der Waals surface area contributed by atoms with Gasteiger partial charge in [0.15, 0.2) is 0 Å². The molecule has 0 aliphatic carbocycles. The molecule has 1 fully saturated rings. The zero-order valence-electron chi connectivity index (χ0n) is 13.3. The normalized spacial score (nSPS) is 14.8. The molecule has 1 aliphatic rings. The number of ether oxygens (including phenoxy) is 1. The van der Waals surface area contributed by atoms with Crippen molar-refractivity contribution in [3.05, 3.63) is 57.1 Å². The fourth-order valence-corrected chi connectivity index (χ4v) is 2.75. The highest BCUT2D eigenvalue weighted by molar-refractivity contribution is 6.33. The van der Waals surface area contributed by atoms with Crippen LogP contribution in [0.4, 0.5) is 17.1 Å². The summed E-state index contributed by atoms with van der Waals surface area (Å²) in [6.07, 6.45) is 1.33. The summed E-state index contributed by atoms with van der Waals surface area (Å²) in [6.45, 7) is 3.12. The van der Waals surface area contributed by atoms with E-state index in [4.69, 9.17) is 16.3 Å². The maximum atomic E-state index is 10.9. The van der Waals surface area contributed by atoms with Crippen LogP contribution in [0.1, 0.15) is 5.56 Å². The third-order valence-corrected chi connectivity index (χ3v) is 4.24. The van der Waals surface area contributed by atoms with Crippen LogP contribution < -0.4 is 4.90 Å². The number of nitrogens with zero attached hydrogens (tertiary/aromatic N) is 3. The number of rotatable bonds is 4. The highest BCUT2D eigenvalue weighted by Crippen LogP contribution is 2.33. The number of hydrogen-bond acceptors (Lipinski definition) is 6. The van der Waals surface area contributed by atoms with Gasteiger partial charge in [0.25, 0.3) is 0 Å². The van der Waals surface area contributed by atoms with Crippen LogP contribution in [0.15, 0.2) is 41.4 Å². The van der Waals surface area contributed by atoms with Gasteiger partial charge in [-0.2, -0.15) is 0 Å². The largest absolute Gasteiger partial charge is 0.502 e. The van der Waals surface area contributed by atoms with Crippen LogP contribution in [0.3, 0.4) is 0 Å². The smallest absolute Gasteiger partial charge is 0.311 e. The van der Waals surface area contributed by atoms with Gasteiger partial charge in [-0.25, -0.2) is 0 Å². The number of anilines is 1. The topological polar surface area (TPSA) is 88.2 Å². The minimum absolute atomic E-state index is 0.119. The fraction of sp³-hybridized carbons (Fsp3) is 0.235. The number of phenolic OH excluding ortho intramolecular Hbond substituents is 1. The van der Waals surface area contributed by atoms with Crippen LogP contribution >= 0.6 is 11.6 Å². The number of morpholine rings is 1. The molecule has 0 amide bonds. The number of benzene rings is 2. The van der Waals surface area contributed by atoms with Gasteiger partial charge < -0.3 is 14.7 Å². The van der Waals surface area contributed by atoms with Crippen LogP contribution in [0, 0.1) is 10.1 Å². The summed E-state index contributed by atoms with van der Waals surface area (Å²) >= 11 is 6.01. The van der Waals surface area contributed by atoms with E-state index >= 15 is 0 Å². The van der Waals surface area contributed by atoms with Crippen LogP contribution in [-0.2, 0) is 4.74 Å². The Morgan fingerprint density at radius 2 is 1.88 bits per heavy atom. The molecular formula is C17H16ClN3O4. The lowest BCUT2D eigenvalue weighted by atomic mass is 10.2. The first-order valence-electron chi connectivity index (χ1n) is 7.69. The Labute approximate surface area is 149 Å². The minimum atomic E-state index is -0.667. The molecule has 0 atom stereocenters. The molecule has 2 aromatic carbocycles. The van der Waals surface area contributed by atoms with E-state index in [9.17, 15) is 15.2 Å². The van der Waals surface area contributed by atoms with Crippen molar-refractivity contribution in [1.82, 2.24) is 0 Å². The Morgan fingerprint density at radius 3 is 2.52 bits per heavy atom. The third kappa shape index (κ3) is 3.89. The Morgan fingerprint density at radius 1 is 1.20 bits per heavy atom. The molecule has 25 heavy (non-hydrogen) atoms. The van der Waals surface area contributed by atoms with E-state index in [1.54, 1.807) is 0 Å². The minimum Gasteiger partial charge on any atom is -0.502 e.